The lowest BCUT2D eigenvalue weighted by Gasteiger charge is -2.05. The number of methoxy groups -OCH3 is 1. The topological polar surface area (TPSA) is 56.1 Å². The molecule has 0 bridgehead atoms. The zero-order chi connectivity index (χ0) is 12.3. The summed E-state index contributed by atoms with van der Waals surface area (Å²) in [5, 5.41) is 2.54. The largest absolute Gasteiger partial charge is 0.497 e. The molecule has 0 aliphatic carbocycles. The number of benzene rings is 1. The molecule has 2 rings (SSSR count). The number of imidazole rings is 1. The first-order chi connectivity index (χ1) is 8.26. The summed E-state index contributed by atoms with van der Waals surface area (Å²) < 4.78 is 6.91. The zero-order valence-corrected chi connectivity index (χ0v) is 9.68. The van der Waals surface area contributed by atoms with E-state index in [4.69, 9.17) is 4.74 Å². The third-order valence-corrected chi connectivity index (χ3v) is 2.56. The van der Waals surface area contributed by atoms with E-state index in [1.54, 1.807) is 13.3 Å². The zero-order valence-electron chi connectivity index (χ0n) is 9.68. The molecule has 1 aromatic carbocycles. The van der Waals surface area contributed by atoms with E-state index in [9.17, 15) is 4.79 Å². The molecule has 0 spiro atoms. The summed E-state index contributed by atoms with van der Waals surface area (Å²) in [7, 11) is 3.48. The Bertz CT molecular complexity index is 517. The molecule has 0 unspecified atom stereocenters. The van der Waals surface area contributed by atoms with Crippen LogP contribution in [0.15, 0.2) is 30.5 Å². The summed E-state index contributed by atoms with van der Waals surface area (Å²) in [6.45, 7) is 0. The van der Waals surface area contributed by atoms with Gasteiger partial charge in [0.05, 0.1) is 19.0 Å². The van der Waals surface area contributed by atoms with Crippen molar-refractivity contribution in [3.05, 3.63) is 30.5 Å². The Morgan fingerprint density at radius 1 is 1.35 bits per heavy atom. The Labute approximate surface area is 99.0 Å². The van der Waals surface area contributed by atoms with Gasteiger partial charge in [-0.05, 0) is 24.3 Å². The SMILES string of the molecule is COc1ccc(-c2cnc(NC=O)n2C)cc1. The molecule has 88 valence electrons. The Morgan fingerprint density at radius 2 is 2.06 bits per heavy atom. The van der Waals surface area contributed by atoms with Crippen molar-refractivity contribution in [1.82, 2.24) is 9.55 Å². The maximum Gasteiger partial charge on any atom is 0.213 e. The van der Waals surface area contributed by atoms with Crippen LogP contribution in [-0.2, 0) is 11.8 Å². The molecule has 0 aliphatic heterocycles. The first-order valence-corrected chi connectivity index (χ1v) is 5.12. The van der Waals surface area contributed by atoms with Crippen molar-refractivity contribution in [2.45, 2.75) is 0 Å². The fourth-order valence-corrected chi connectivity index (χ4v) is 1.63. The van der Waals surface area contributed by atoms with Crippen LogP contribution in [0.4, 0.5) is 5.95 Å². The lowest BCUT2D eigenvalue weighted by Crippen LogP contribution is -2.02. The quantitative estimate of drug-likeness (QED) is 0.814. The van der Waals surface area contributed by atoms with Gasteiger partial charge >= 0.3 is 0 Å². The number of nitrogens with zero attached hydrogens (tertiary/aromatic N) is 2. The third kappa shape index (κ3) is 2.13. The number of rotatable bonds is 4. The summed E-state index contributed by atoms with van der Waals surface area (Å²) >= 11 is 0. The van der Waals surface area contributed by atoms with Crippen LogP contribution in [0, 0.1) is 0 Å². The molecule has 5 nitrogen and oxygen atoms in total. The molecule has 1 amide bonds. The molecule has 1 aromatic heterocycles. The highest BCUT2D eigenvalue weighted by Crippen LogP contribution is 2.23. The highest BCUT2D eigenvalue weighted by molar-refractivity contribution is 5.70. The number of hydrogen-bond donors (Lipinski definition) is 1. The fraction of sp³-hybridized carbons (Fsp3) is 0.167. The van der Waals surface area contributed by atoms with Gasteiger partial charge in [0.15, 0.2) is 0 Å². The van der Waals surface area contributed by atoms with Gasteiger partial charge in [-0.25, -0.2) is 4.98 Å². The van der Waals surface area contributed by atoms with E-state index in [1.807, 2.05) is 35.9 Å². The number of aromatic nitrogens is 2. The van der Waals surface area contributed by atoms with E-state index >= 15 is 0 Å². The van der Waals surface area contributed by atoms with Gasteiger partial charge in [0.25, 0.3) is 0 Å². The number of nitrogens with one attached hydrogen (secondary N) is 1. The average Bonchev–Trinajstić information content (AvgIpc) is 2.72. The number of amides is 1. The van der Waals surface area contributed by atoms with Crippen LogP contribution >= 0.6 is 0 Å². The summed E-state index contributed by atoms with van der Waals surface area (Å²) in [5.74, 6) is 1.33. The van der Waals surface area contributed by atoms with Gasteiger partial charge in [-0.1, -0.05) is 0 Å². The van der Waals surface area contributed by atoms with Crippen LogP contribution in [0.25, 0.3) is 11.3 Å². The lowest BCUT2D eigenvalue weighted by atomic mass is 10.1. The second-order valence-electron chi connectivity index (χ2n) is 3.52. The van der Waals surface area contributed by atoms with Gasteiger partial charge in [0.2, 0.25) is 12.4 Å². The normalized spacial score (nSPS) is 10.0. The van der Waals surface area contributed by atoms with Crippen LogP contribution in [0.3, 0.4) is 0 Å². The van der Waals surface area contributed by atoms with Gasteiger partial charge in [0.1, 0.15) is 5.75 Å². The molecule has 1 N–H and O–H groups in total. The minimum absolute atomic E-state index is 0.519. The van der Waals surface area contributed by atoms with Crippen LogP contribution in [0.1, 0.15) is 0 Å². The molecule has 0 aliphatic rings. The molecule has 1 heterocycles. The highest BCUT2D eigenvalue weighted by atomic mass is 16.5. The minimum atomic E-state index is 0.519. The first kappa shape index (κ1) is 11.2. The number of ether oxygens (including phenoxy) is 1. The van der Waals surface area contributed by atoms with E-state index in [-0.39, 0.29) is 0 Å². The van der Waals surface area contributed by atoms with E-state index in [0.717, 1.165) is 17.0 Å². The van der Waals surface area contributed by atoms with Crippen LogP contribution in [-0.4, -0.2) is 23.1 Å². The second-order valence-corrected chi connectivity index (χ2v) is 3.52. The smallest absolute Gasteiger partial charge is 0.213 e. The van der Waals surface area contributed by atoms with Crippen molar-refractivity contribution in [2.75, 3.05) is 12.4 Å². The average molecular weight is 231 g/mol. The molecule has 5 heteroatoms. The Hall–Kier alpha value is -2.30. The van der Waals surface area contributed by atoms with Gasteiger partial charge in [-0.15, -0.1) is 0 Å². The van der Waals surface area contributed by atoms with Crippen molar-refractivity contribution in [3.8, 4) is 17.0 Å². The molecule has 0 atom stereocenters. The molecule has 0 saturated carbocycles. The fourth-order valence-electron chi connectivity index (χ4n) is 1.63. The van der Waals surface area contributed by atoms with Crippen molar-refractivity contribution in [2.24, 2.45) is 7.05 Å². The lowest BCUT2D eigenvalue weighted by molar-refractivity contribution is -0.105. The number of hydrogen-bond acceptors (Lipinski definition) is 3. The number of carbonyl (C=O) groups is 1. The summed E-state index contributed by atoms with van der Waals surface area (Å²) in [6, 6.07) is 7.66. The Kier molecular flexibility index (Phi) is 3.09. The summed E-state index contributed by atoms with van der Waals surface area (Å²) in [6.07, 6.45) is 2.33. The molecular formula is C12H13N3O2. The third-order valence-electron chi connectivity index (χ3n) is 2.56. The molecule has 2 aromatic rings. The minimum Gasteiger partial charge on any atom is -0.497 e. The van der Waals surface area contributed by atoms with Crippen molar-refractivity contribution < 1.29 is 9.53 Å². The second kappa shape index (κ2) is 4.69. The Balaban J connectivity index is 2.35. The predicted molar refractivity (Wildman–Crippen MR) is 64.9 cm³/mol. The summed E-state index contributed by atoms with van der Waals surface area (Å²) in [4.78, 5) is 14.5. The van der Waals surface area contributed by atoms with Gasteiger partial charge in [-0.3, -0.25) is 10.1 Å². The number of carbonyl (C=O) groups excluding carboxylic acids is 1. The molecule has 17 heavy (non-hydrogen) atoms. The molecule has 0 saturated heterocycles. The maximum absolute atomic E-state index is 10.4. The van der Waals surface area contributed by atoms with Crippen LogP contribution in [0.5, 0.6) is 5.75 Å². The maximum atomic E-state index is 10.4. The first-order valence-electron chi connectivity index (χ1n) is 5.12. The van der Waals surface area contributed by atoms with Crippen LogP contribution in [0.2, 0.25) is 0 Å². The van der Waals surface area contributed by atoms with Gasteiger partial charge in [0, 0.05) is 12.6 Å². The van der Waals surface area contributed by atoms with E-state index < -0.39 is 0 Å². The van der Waals surface area contributed by atoms with Crippen molar-refractivity contribution >= 4 is 12.4 Å². The number of anilines is 1. The van der Waals surface area contributed by atoms with Gasteiger partial charge in [-0.2, -0.15) is 0 Å². The van der Waals surface area contributed by atoms with E-state index in [0.29, 0.717) is 12.4 Å². The molecular weight excluding hydrogens is 218 g/mol. The summed E-state index contributed by atoms with van der Waals surface area (Å²) in [5.41, 5.74) is 1.94. The Morgan fingerprint density at radius 3 is 2.65 bits per heavy atom. The standard InChI is InChI=1S/C12H13N3O2/c1-15-11(7-13-12(15)14-8-16)9-3-5-10(17-2)6-4-9/h3-8H,1-2H3,(H,13,14,16). The van der Waals surface area contributed by atoms with E-state index in [1.165, 1.54) is 0 Å². The molecule has 0 radical (unpaired) electrons. The van der Waals surface area contributed by atoms with Crippen LogP contribution < -0.4 is 10.1 Å². The van der Waals surface area contributed by atoms with Crippen molar-refractivity contribution in [1.29, 1.82) is 0 Å². The predicted octanol–water partition coefficient (Wildman–Crippen LogP) is 1.66. The highest BCUT2D eigenvalue weighted by Gasteiger charge is 2.07. The molecule has 0 fully saturated rings. The van der Waals surface area contributed by atoms with Crippen molar-refractivity contribution in [3.63, 3.8) is 0 Å². The monoisotopic (exact) mass is 231 g/mol. The van der Waals surface area contributed by atoms with E-state index in [2.05, 4.69) is 10.3 Å². The van der Waals surface area contributed by atoms with Gasteiger partial charge < -0.3 is 9.30 Å².